The Morgan fingerprint density at radius 2 is 2.10 bits per heavy atom. The number of hydrogen-bond acceptors (Lipinski definition) is 5. The first kappa shape index (κ1) is 20.5. The minimum Gasteiger partial charge on any atom is -0.478 e. The molecule has 4 rings (SSSR count). The van der Waals surface area contributed by atoms with E-state index in [0.29, 0.717) is 32.1 Å². The zero-order chi connectivity index (χ0) is 21.3. The average molecular weight is 473 g/mol. The van der Waals surface area contributed by atoms with E-state index < -0.39 is 0 Å². The number of amides is 1. The van der Waals surface area contributed by atoms with Crippen LogP contribution in [0.3, 0.4) is 0 Å². The summed E-state index contributed by atoms with van der Waals surface area (Å²) < 4.78 is 10.3. The summed E-state index contributed by atoms with van der Waals surface area (Å²) in [4.78, 5) is 19.4. The predicted octanol–water partition coefficient (Wildman–Crippen LogP) is 3.07. The number of fused-ring (bicyclic) bond motifs is 1. The van der Waals surface area contributed by atoms with Gasteiger partial charge < -0.3 is 19.5 Å². The number of benzene rings is 1. The summed E-state index contributed by atoms with van der Waals surface area (Å²) in [6.07, 6.45) is 4.49. The normalized spacial score (nSPS) is 13.5. The van der Waals surface area contributed by atoms with Crippen molar-refractivity contribution in [3.63, 3.8) is 0 Å². The fourth-order valence-corrected chi connectivity index (χ4v) is 4.53. The van der Waals surface area contributed by atoms with E-state index in [2.05, 4.69) is 37.4 Å². The van der Waals surface area contributed by atoms with Crippen molar-refractivity contribution in [1.29, 1.82) is 0 Å². The van der Waals surface area contributed by atoms with Crippen LogP contribution in [0.25, 0.3) is 0 Å². The minimum atomic E-state index is 0.0295. The van der Waals surface area contributed by atoms with Gasteiger partial charge in [-0.15, -0.1) is 0 Å². The molecule has 0 spiro atoms. The standard InChI is InChI=1S/C21H25BrN6O2/c1-4-30-19-11-15(25-26(19)3)13-27-7-5-16-17(20(27)29)9-14(10-18(16)22)12-28-8-6-24-21(28)23-2/h6,8-11H,4-5,7,12-13H2,1-3H3,(H,23,24). The van der Waals surface area contributed by atoms with E-state index in [4.69, 9.17) is 4.74 Å². The molecule has 1 aliphatic rings. The molecule has 3 aromatic rings. The first-order valence-corrected chi connectivity index (χ1v) is 10.7. The third kappa shape index (κ3) is 3.94. The lowest BCUT2D eigenvalue weighted by atomic mass is 9.96. The second-order valence-electron chi connectivity index (χ2n) is 7.24. The smallest absolute Gasteiger partial charge is 0.254 e. The Hall–Kier alpha value is -2.81. The molecule has 0 bridgehead atoms. The summed E-state index contributed by atoms with van der Waals surface area (Å²) in [5, 5.41) is 7.57. The van der Waals surface area contributed by atoms with Crippen LogP contribution < -0.4 is 10.1 Å². The van der Waals surface area contributed by atoms with E-state index in [1.54, 1.807) is 10.9 Å². The molecule has 1 aromatic carbocycles. The Bertz CT molecular complexity index is 1070. The topological polar surface area (TPSA) is 77.2 Å². The maximum atomic E-state index is 13.3. The zero-order valence-electron chi connectivity index (χ0n) is 17.4. The van der Waals surface area contributed by atoms with E-state index in [9.17, 15) is 4.79 Å². The fraction of sp³-hybridized carbons (Fsp3) is 0.381. The summed E-state index contributed by atoms with van der Waals surface area (Å²) in [5.74, 6) is 1.53. The molecule has 0 aliphatic carbocycles. The number of carbonyl (C=O) groups excluding carboxylic acids is 1. The molecule has 30 heavy (non-hydrogen) atoms. The van der Waals surface area contributed by atoms with Gasteiger partial charge in [0.15, 0.2) is 0 Å². The lowest BCUT2D eigenvalue weighted by Gasteiger charge is -2.29. The van der Waals surface area contributed by atoms with Gasteiger partial charge in [0.25, 0.3) is 5.91 Å². The van der Waals surface area contributed by atoms with Crippen LogP contribution in [0.5, 0.6) is 5.88 Å². The lowest BCUT2D eigenvalue weighted by molar-refractivity contribution is 0.0724. The summed E-state index contributed by atoms with van der Waals surface area (Å²) in [6, 6.07) is 5.99. The van der Waals surface area contributed by atoms with Gasteiger partial charge in [0.2, 0.25) is 11.8 Å². The van der Waals surface area contributed by atoms with E-state index in [0.717, 1.165) is 39.2 Å². The van der Waals surface area contributed by atoms with Crippen molar-refractivity contribution in [1.82, 2.24) is 24.2 Å². The number of nitrogens with zero attached hydrogens (tertiary/aromatic N) is 5. The van der Waals surface area contributed by atoms with Crippen LogP contribution >= 0.6 is 15.9 Å². The van der Waals surface area contributed by atoms with Gasteiger partial charge in [-0.1, -0.05) is 15.9 Å². The summed E-state index contributed by atoms with van der Waals surface area (Å²) in [7, 11) is 3.69. The molecule has 0 unspecified atom stereocenters. The van der Waals surface area contributed by atoms with Crippen LogP contribution in [0, 0.1) is 0 Å². The van der Waals surface area contributed by atoms with E-state index in [-0.39, 0.29) is 5.91 Å². The molecule has 0 saturated heterocycles. The quantitative estimate of drug-likeness (QED) is 0.571. The highest BCUT2D eigenvalue weighted by Gasteiger charge is 2.27. The molecule has 2 aromatic heterocycles. The van der Waals surface area contributed by atoms with Crippen molar-refractivity contribution in [3.05, 3.63) is 57.4 Å². The summed E-state index contributed by atoms with van der Waals surface area (Å²) in [6.45, 7) is 4.28. The first-order valence-electron chi connectivity index (χ1n) is 9.95. The predicted molar refractivity (Wildman–Crippen MR) is 118 cm³/mol. The fourth-order valence-electron chi connectivity index (χ4n) is 3.82. The second-order valence-corrected chi connectivity index (χ2v) is 8.09. The van der Waals surface area contributed by atoms with Gasteiger partial charge in [0, 0.05) is 49.1 Å². The second kappa shape index (κ2) is 8.51. The van der Waals surface area contributed by atoms with Gasteiger partial charge in [-0.2, -0.15) is 5.10 Å². The van der Waals surface area contributed by atoms with Gasteiger partial charge >= 0.3 is 0 Å². The highest BCUT2D eigenvalue weighted by Crippen LogP contribution is 2.30. The first-order chi connectivity index (χ1) is 14.5. The Morgan fingerprint density at radius 1 is 1.27 bits per heavy atom. The molecule has 0 atom stereocenters. The SMILES string of the molecule is CCOc1cc(CN2CCc3c(Br)cc(Cn4ccnc4NC)cc3C2=O)nn1C. The van der Waals surface area contributed by atoms with Crippen molar-refractivity contribution in [2.75, 3.05) is 25.5 Å². The molecule has 0 saturated carbocycles. The number of nitrogens with one attached hydrogen (secondary N) is 1. The Kier molecular flexibility index (Phi) is 5.80. The van der Waals surface area contributed by atoms with Crippen molar-refractivity contribution in [2.45, 2.75) is 26.4 Å². The molecule has 1 aliphatic heterocycles. The molecule has 0 fully saturated rings. The molecule has 1 amide bonds. The Labute approximate surface area is 184 Å². The molecular formula is C21H25BrN6O2. The number of ether oxygens (including phenoxy) is 1. The van der Waals surface area contributed by atoms with Crippen molar-refractivity contribution < 1.29 is 9.53 Å². The van der Waals surface area contributed by atoms with Gasteiger partial charge in [-0.05, 0) is 36.6 Å². The number of aryl methyl sites for hydroxylation is 1. The van der Waals surface area contributed by atoms with E-state index >= 15 is 0 Å². The van der Waals surface area contributed by atoms with E-state index in [1.165, 1.54) is 0 Å². The third-order valence-corrected chi connectivity index (χ3v) is 5.94. The molecule has 9 heteroatoms. The molecule has 1 N–H and O–H groups in total. The van der Waals surface area contributed by atoms with Gasteiger partial charge in [-0.25, -0.2) is 9.67 Å². The van der Waals surface area contributed by atoms with Crippen LogP contribution in [0.15, 0.2) is 35.1 Å². The number of halogens is 1. The van der Waals surface area contributed by atoms with Gasteiger partial charge in [-0.3, -0.25) is 4.79 Å². The van der Waals surface area contributed by atoms with Gasteiger partial charge in [0.1, 0.15) is 0 Å². The summed E-state index contributed by atoms with van der Waals surface area (Å²) >= 11 is 3.67. The van der Waals surface area contributed by atoms with E-state index in [1.807, 2.05) is 48.8 Å². The monoisotopic (exact) mass is 472 g/mol. The molecule has 3 heterocycles. The zero-order valence-corrected chi connectivity index (χ0v) is 18.9. The highest BCUT2D eigenvalue weighted by atomic mass is 79.9. The van der Waals surface area contributed by atoms with Gasteiger partial charge in [0.05, 0.1) is 25.4 Å². The van der Waals surface area contributed by atoms with Crippen molar-refractivity contribution in [2.24, 2.45) is 7.05 Å². The molecule has 8 nitrogen and oxygen atoms in total. The number of carbonyl (C=O) groups is 1. The van der Waals surface area contributed by atoms with Crippen molar-refractivity contribution >= 4 is 27.8 Å². The molecule has 0 radical (unpaired) electrons. The van der Waals surface area contributed by atoms with Crippen LogP contribution in [-0.4, -0.2) is 50.3 Å². The number of aromatic nitrogens is 4. The maximum absolute atomic E-state index is 13.3. The summed E-state index contributed by atoms with van der Waals surface area (Å²) in [5.41, 5.74) is 3.68. The molecule has 158 valence electrons. The minimum absolute atomic E-state index is 0.0295. The van der Waals surface area contributed by atoms with Crippen molar-refractivity contribution in [3.8, 4) is 5.88 Å². The average Bonchev–Trinajstić information content (AvgIpc) is 3.30. The number of anilines is 1. The molecular weight excluding hydrogens is 448 g/mol. The largest absolute Gasteiger partial charge is 0.478 e. The number of rotatable bonds is 7. The number of imidazole rings is 1. The van der Waals surface area contributed by atoms with Crippen LogP contribution in [-0.2, 0) is 26.6 Å². The van der Waals surface area contributed by atoms with Crippen LogP contribution in [0.1, 0.15) is 34.1 Å². The Balaban J connectivity index is 1.57. The number of hydrogen-bond donors (Lipinski definition) is 1. The lowest BCUT2D eigenvalue weighted by Crippen LogP contribution is -2.37. The highest BCUT2D eigenvalue weighted by molar-refractivity contribution is 9.10. The maximum Gasteiger partial charge on any atom is 0.254 e. The van der Waals surface area contributed by atoms with Crippen LogP contribution in [0.4, 0.5) is 5.95 Å². The third-order valence-electron chi connectivity index (χ3n) is 5.23. The van der Waals surface area contributed by atoms with Crippen LogP contribution in [0.2, 0.25) is 0 Å². The Morgan fingerprint density at radius 3 is 2.87 bits per heavy atom.